The van der Waals surface area contributed by atoms with Gasteiger partial charge in [0.25, 0.3) is 0 Å². The van der Waals surface area contributed by atoms with Crippen molar-refractivity contribution in [3.8, 4) is 5.75 Å². The van der Waals surface area contributed by atoms with E-state index in [0.29, 0.717) is 3.92 Å². The van der Waals surface area contributed by atoms with Gasteiger partial charge >= 0.3 is 0 Å². The highest BCUT2D eigenvalue weighted by Crippen LogP contribution is 2.29. The fraction of sp³-hybridized carbons (Fsp3) is 0.357. The van der Waals surface area contributed by atoms with Crippen molar-refractivity contribution in [1.29, 1.82) is 0 Å². The van der Waals surface area contributed by atoms with Crippen LogP contribution in [0, 0.1) is 6.92 Å². The van der Waals surface area contributed by atoms with E-state index in [2.05, 4.69) is 34.5 Å². The maximum Gasteiger partial charge on any atom is 0.248 e. The van der Waals surface area contributed by atoms with E-state index in [1.165, 1.54) is 0 Å². The molecule has 4 heteroatoms. The van der Waals surface area contributed by atoms with Crippen LogP contribution in [0.2, 0.25) is 0 Å². The Labute approximate surface area is 120 Å². The van der Waals surface area contributed by atoms with Crippen molar-refractivity contribution < 1.29 is 4.74 Å². The molecular weight excluding hydrogens is 341 g/mol. The van der Waals surface area contributed by atoms with Gasteiger partial charge in [-0.1, -0.05) is 29.5 Å². The smallest absolute Gasteiger partial charge is 0.248 e. The maximum absolute atomic E-state index is 11.6. The predicted octanol–water partition coefficient (Wildman–Crippen LogP) is 3.21. The first-order valence-electron chi connectivity index (χ1n) is 5.86. The lowest BCUT2D eigenvalue weighted by molar-refractivity contribution is 0.410. The van der Waals surface area contributed by atoms with Crippen LogP contribution in [0.25, 0.3) is 10.9 Å². The lowest BCUT2D eigenvalue weighted by Gasteiger charge is -2.14. The maximum atomic E-state index is 11.6. The summed E-state index contributed by atoms with van der Waals surface area (Å²) in [4.78, 5) is 14.6. The summed E-state index contributed by atoms with van der Waals surface area (Å²) in [7, 11) is 1.66. The Morgan fingerprint density at radius 2 is 2.17 bits per heavy atom. The van der Waals surface area contributed by atoms with Gasteiger partial charge in [0.2, 0.25) is 5.56 Å². The topological polar surface area (TPSA) is 42.1 Å². The molecule has 0 radical (unpaired) electrons. The third-order valence-electron chi connectivity index (χ3n) is 3.00. The zero-order chi connectivity index (χ0) is 13.3. The molecule has 1 unspecified atom stereocenters. The van der Waals surface area contributed by atoms with Crippen LogP contribution in [-0.2, 0) is 6.42 Å². The molecule has 0 bridgehead atoms. The number of benzene rings is 1. The zero-order valence-electron chi connectivity index (χ0n) is 10.7. The number of aryl methyl sites for hydroxylation is 1. The first-order chi connectivity index (χ1) is 8.52. The van der Waals surface area contributed by atoms with Crippen LogP contribution >= 0.6 is 22.6 Å². The molecule has 2 rings (SSSR count). The summed E-state index contributed by atoms with van der Waals surface area (Å²) in [6.07, 6.45) is 0.875. The van der Waals surface area contributed by atoms with Crippen molar-refractivity contribution >= 4 is 33.5 Å². The number of hydrogen-bond donors (Lipinski definition) is 1. The minimum atomic E-state index is -0.0596. The molecule has 0 aliphatic rings. The van der Waals surface area contributed by atoms with Gasteiger partial charge < -0.3 is 9.72 Å². The minimum Gasteiger partial charge on any atom is -0.496 e. The van der Waals surface area contributed by atoms with E-state index in [1.807, 2.05) is 19.1 Å². The fourth-order valence-corrected chi connectivity index (χ4v) is 2.65. The van der Waals surface area contributed by atoms with Crippen molar-refractivity contribution in [2.75, 3.05) is 7.11 Å². The molecule has 1 N–H and O–H groups in total. The molecule has 0 aliphatic carbocycles. The van der Waals surface area contributed by atoms with E-state index in [-0.39, 0.29) is 5.56 Å². The van der Waals surface area contributed by atoms with Gasteiger partial charge in [0.15, 0.2) is 0 Å². The molecule has 3 nitrogen and oxygen atoms in total. The molecule has 0 fully saturated rings. The SMILES string of the molecule is COc1ccc2c(C)cc(=O)[nH]c2c1CC(C)I. The average molecular weight is 357 g/mol. The Hall–Kier alpha value is -1.04. The van der Waals surface area contributed by atoms with Crippen molar-refractivity contribution in [1.82, 2.24) is 4.98 Å². The summed E-state index contributed by atoms with van der Waals surface area (Å²) in [6.45, 7) is 4.11. The van der Waals surface area contributed by atoms with Gasteiger partial charge in [-0.05, 0) is 31.0 Å². The van der Waals surface area contributed by atoms with Crippen LogP contribution in [-0.4, -0.2) is 16.0 Å². The number of pyridine rings is 1. The molecule has 0 saturated carbocycles. The van der Waals surface area contributed by atoms with E-state index < -0.39 is 0 Å². The van der Waals surface area contributed by atoms with Crippen LogP contribution in [0.5, 0.6) is 5.75 Å². The van der Waals surface area contributed by atoms with Gasteiger partial charge in [-0.15, -0.1) is 0 Å². The number of nitrogens with one attached hydrogen (secondary N) is 1. The number of H-pyrrole nitrogens is 1. The minimum absolute atomic E-state index is 0.0596. The molecule has 1 atom stereocenters. The second-order valence-corrected chi connectivity index (χ2v) is 6.60. The molecule has 96 valence electrons. The van der Waals surface area contributed by atoms with Gasteiger partial charge in [0.1, 0.15) is 5.75 Å². The van der Waals surface area contributed by atoms with Crippen LogP contribution in [0.1, 0.15) is 18.1 Å². The number of aromatic nitrogens is 1. The van der Waals surface area contributed by atoms with E-state index >= 15 is 0 Å². The van der Waals surface area contributed by atoms with E-state index in [4.69, 9.17) is 4.74 Å². The number of halogens is 1. The second-order valence-electron chi connectivity index (χ2n) is 4.47. The molecule has 2 aromatic rings. The third kappa shape index (κ3) is 2.53. The highest BCUT2D eigenvalue weighted by molar-refractivity contribution is 14.1. The summed E-state index contributed by atoms with van der Waals surface area (Å²) in [5.41, 5.74) is 2.93. The Morgan fingerprint density at radius 3 is 2.78 bits per heavy atom. The lowest BCUT2D eigenvalue weighted by atomic mass is 10.0. The number of rotatable bonds is 3. The van der Waals surface area contributed by atoms with Crippen LogP contribution in [0.15, 0.2) is 23.0 Å². The molecule has 0 amide bonds. The van der Waals surface area contributed by atoms with E-state index in [0.717, 1.165) is 34.2 Å². The quantitative estimate of drug-likeness (QED) is 0.677. The van der Waals surface area contributed by atoms with Gasteiger partial charge in [-0.2, -0.15) is 0 Å². The summed E-state index contributed by atoms with van der Waals surface area (Å²) >= 11 is 2.38. The van der Waals surface area contributed by atoms with Gasteiger partial charge in [-0.25, -0.2) is 0 Å². The number of hydrogen-bond acceptors (Lipinski definition) is 2. The molecule has 18 heavy (non-hydrogen) atoms. The first kappa shape index (κ1) is 13.4. The molecule has 1 heterocycles. The summed E-state index contributed by atoms with van der Waals surface area (Å²) < 4.78 is 5.89. The third-order valence-corrected chi connectivity index (χ3v) is 3.44. The number of fused-ring (bicyclic) bond motifs is 1. The summed E-state index contributed by atoms with van der Waals surface area (Å²) in [6, 6.07) is 5.61. The van der Waals surface area contributed by atoms with Crippen molar-refractivity contribution in [2.24, 2.45) is 0 Å². The fourth-order valence-electron chi connectivity index (χ4n) is 2.21. The lowest BCUT2D eigenvalue weighted by Crippen LogP contribution is -2.09. The van der Waals surface area contributed by atoms with Crippen LogP contribution in [0.3, 0.4) is 0 Å². The van der Waals surface area contributed by atoms with Crippen molar-refractivity contribution in [2.45, 2.75) is 24.2 Å². The first-order valence-corrected chi connectivity index (χ1v) is 7.11. The Morgan fingerprint density at radius 1 is 1.44 bits per heavy atom. The van der Waals surface area contributed by atoms with Crippen LogP contribution < -0.4 is 10.3 Å². The standard InChI is InChI=1S/C14H16INO2/c1-8-6-13(17)16-14-10(8)4-5-12(18-3)11(14)7-9(2)15/h4-6,9H,7H2,1-3H3,(H,16,17). The molecule has 0 spiro atoms. The average Bonchev–Trinajstić information content (AvgIpc) is 2.29. The number of ether oxygens (including phenoxy) is 1. The molecular formula is C14H16INO2. The number of methoxy groups -OCH3 is 1. The van der Waals surface area contributed by atoms with Crippen LogP contribution in [0.4, 0.5) is 0 Å². The Bertz CT molecular complexity index is 631. The largest absolute Gasteiger partial charge is 0.496 e. The van der Waals surface area contributed by atoms with Gasteiger partial charge in [0.05, 0.1) is 12.6 Å². The Balaban J connectivity index is 2.79. The predicted molar refractivity (Wildman–Crippen MR) is 83.0 cm³/mol. The van der Waals surface area contributed by atoms with Gasteiger partial charge in [-0.3, -0.25) is 4.79 Å². The summed E-state index contributed by atoms with van der Waals surface area (Å²) in [5, 5.41) is 1.09. The molecule has 0 saturated heterocycles. The van der Waals surface area contributed by atoms with Crippen molar-refractivity contribution in [3.63, 3.8) is 0 Å². The van der Waals surface area contributed by atoms with E-state index in [9.17, 15) is 4.79 Å². The highest BCUT2D eigenvalue weighted by Gasteiger charge is 2.12. The summed E-state index contributed by atoms with van der Waals surface area (Å²) in [5.74, 6) is 0.840. The normalized spacial score (nSPS) is 12.7. The highest BCUT2D eigenvalue weighted by atomic mass is 127. The van der Waals surface area contributed by atoms with Gasteiger partial charge in [0, 0.05) is 20.9 Å². The zero-order valence-corrected chi connectivity index (χ0v) is 12.9. The molecule has 1 aromatic heterocycles. The monoisotopic (exact) mass is 357 g/mol. The Kier molecular flexibility index (Phi) is 3.94. The number of aromatic amines is 1. The van der Waals surface area contributed by atoms with E-state index in [1.54, 1.807) is 13.2 Å². The number of alkyl halides is 1. The molecule has 0 aliphatic heterocycles. The molecule has 1 aromatic carbocycles. The second kappa shape index (κ2) is 5.30. The van der Waals surface area contributed by atoms with Crippen molar-refractivity contribution in [3.05, 3.63) is 39.7 Å².